The zero-order valence-corrected chi connectivity index (χ0v) is 20.3. The molecule has 1 saturated heterocycles. The van der Waals surface area contributed by atoms with E-state index >= 15 is 0 Å². The fraction of sp³-hybridized carbons (Fsp3) is 0.214. The minimum absolute atomic E-state index is 0.153. The molecule has 38 heavy (non-hydrogen) atoms. The summed E-state index contributed by atoms with van der Waals surface area (Å²) in [5.41, 5.74) is -1.34. The fourth-order valence-corrected chi connectivity index (χ4v) is 5.14. The first-order chi connectivity index (χ1) is 18.0. The van der Waals surface area contributed by atoms with E-state index in [2.05, 4.69) is 15.3 Å². The molecule has 2 heterocycles. The molecule has 5 rings (SSSR count). The number of allylic oxidation sites excluding steroid dienone is 4. The van der Waals surface area contributed by atoms with Gasteiger partial charge in [0.1, 0.15) is 18.0 Å². The van der Waals surface area contributed by atoms with Crippen molar-refractivity contribution >= 4 is 23.3 Å². The molecule has 0 spiro atoms. The highest BCUT2D eigenvalue weighted by Gasteiger charge is 2.54. The molecule has 10 heteroatoms. The van der Waals surface area contributed by atoms with Gasteiger partial charge < -0.3 is 5.32 Å². The molecular weight excluding hydrogens is 500 g/mol. The third-order valence-corrected chi connectivity index (χ3v) is 6.93. The largest absolute Gasteiger partial charge is 0.417 e. The van der Waals surface area contributed by atoms with E-state index in [4.69, 9.17) is 0 Å². The summed E-state index contributed by atoms with van der Waals surface area (Å²) in [7, 11) is 0. The summed E-state index contributed by atoms with van der Waals surface area (Å²) in [5, 5.41) is 2.41. The van der Waals surface area contributed by atoms with Gasteiger partial charge in [0.15, 0.2) is 0 Å². The summed E-state index contributed by atoms with van der Waals surface area (Å²) < 4.78 is 54.9. The number of halogens is 4. The van der Waals surface area contributed by atoms with Crippen molar-refractivity contribution in [2.24, 2.45) is 11.3 Å². The number of nitrogens with one attached hydrogen (secondary N) is 1. The van der Waals surface area contributed by atoms with Crippen LogP contribution >= 0.6 is 0 Å². The van der Waals surface area contributed by atoms with Gasteiger partial charge in [-0.15, -0.1) is 0 Å². The predicted molar refractivity (Wildman–Crippen MR) is 133 cm³/mol. The lowest BCUT2D eigenvalue weighted by molar-refractivity contribution is -0.137. The van der Waals surface area contributed by atoms with Crippen LogP contribution in [0.3, 0.4) is 0 Å². The van der Waals surface area contributed by atoms with Gasteiger partial charge in [-0.2, -0.15) is 13.2 Å². The Hall–Kier alpha value is -4.34. The number of amides is 2. The van der Waals surface area contributed by atoms with Gasteiger partial charge in [-0.3, -0.25) is 14.5 Å². The van der Waals surface area contributed by atoms with Gasteiger partial charge in [0.25, 0.3) is 5.91 Å². The molecule has 1 aliphatic heterocycles. The monoisotopic (exact) mass is 522 g/mol. The van der Waals surface area contributed by atoms with Crippen molar-refractivity contribution in [2.75, 3.05) is 10.2 Å². The zero-order chi connectivity index (χ0) is 27.2. The highest BCUT2D eigenvalue weighted by Crippen LogP contribution is 2.53. The number of nitrogens with zero attached hydrogens (tertiary/aromatic N) is 3. The van der Waals surface area contributed by atoms with Crippen molar-refractivity contribution in [2.45, 2.75) is 25.9 Å². The van der Waals surface area contributed by atoms with E-state index in [1.54, 1.807) is 32.1 Å². The van der Waals surface area contributed by atoms with E-state index in [0.29, 0.717) is 17.1 Å². The molecule has 1 fully saturated rings. The van der Waals surface area contributed by atoms with Crippen LogP contribution in [0.25, 0.3) is 0 Å². The quantitative estimate of drug-likeness (QED) is 0.420. The summed E-state index contributed by atoms with van der Waals surface area (Å²) in [4.78, 5) is 36.2. The van der Waals surface area contributed by atoms with E-state index in [9.17, 15) is 27.2 Å². The average Bonchev–Trinajstić information content (AvgIpc) is 3.10. The molecule has 2 unspecified atom stereocenters. The minimum atomic E-state index is -4.78. The second-order valence-corrected chi connectivity index (χ2v) is 9.67. The van der Waals surface area contributed by atoms with Crippen LogP contribution in [-0.4, -0.2) is 21.8 Å². The van der Waals surface area contributed by atoms with Crippen molar-refractivity contribution in [1.82, 2.24) is 9.97 Å². The summed E-state index contributed by atoms with van der Waals surface area (Å²) in [6.07, 6.45) is 3.43. The molecule has 2 aromatic carbocycles. The van der Waals surface area contributed by atoms with Gasteiger partial charge in [0.05, 0.1) is 16.5 Å². The minimum Gasteiger partial charge on any atom is -0.322 e. The number of fused-ring (bicyclic) bond motifs is 1. The summed E-state index contributed by atoms with van der Waals surface area (Å²) in [5.74, 6) is -2.26. The molecular formula is C28H22F4N4O2. The first kappa shape index (κ1) is 25.3. The number of hydrogen-bond donors (Lipinski definition) is 1. The van der Waals surface area contributed by atoms with E-state index in [1.165, 1.54) is 41.7 Å². The Morgan fingerprint density at radius 2 is 1.82 bits per heavy atom. The number of anilines is 2. The predicted octanol–water partition coefficient (Wildman–Crippen LogP) is 6.11. The SMILES string of the molecule is CC1(C)C(=O)N(c2ccncn2)C2=CC=CC(c3ccc(C(F)(F)F)c(C(=O)Nc4ccc(F)cc4)c3)C21. The summed E-state index contributed by atoms with van der Waals surface area (Å²) in [6, 6.07) is 9.77. The van der Waals surface area contributed by atoms with Crippen molar-refractivity contribution < 1.29 is 27.2 Å². The number of rotatable bonds is 4. The van der Waals surface area contributed by atoms with Gasteiger partial charge in [-0.25, -0.2) is 14.4 Å². The fourth-order valence-electron chi connectivity index (χ4n) is 5.14. The van der Waals surface area contributed by atoms with Crippen molar-refractivity contribution in [3.63, 3.8) is 0 Å². The van der Waals surface area contributed by atoms with E-state index in [0.717, 1.165) is 18.2 Å². The van der Waals surface area contributed by atoms with Gasteiger partial charge in [0.2, 0.25) is 5.91 Å². The van der Waals surface area contributed by atoms with Crippen LogP contribution in [0.4, 0.5) is 29.1 Å². The summed E-state index contributed by atoms with van der Waals surface area (Å²) >= 11 is 0. The average molecular weight is 523 g/mol. The molecule has 0 radical (unpaired) electrons. The van der Waals surface area contributed by atoms with Crippen molar-refractivity contribution in [1.29, 1.82) is 0 Å². The lowest BCUT2D eigenvalue weighted by Gasteiger charge is -2.32. The molecule has 1 aromatic heterocycles. The highest BCUT2D eigenvalue weighted by atomic mass is 19.4. The van der Waals surface area contributed by atoms with E-state index < -0.39 is 46.3 Å². The molecule has 6 nitrogen and oxygen atoms in total. The number of carbonyl (C=O) groups is 2. The van der Waals surface area contributed by atoms with Gasteiger partial charge in [0, 0.05) is 29.4 Å². The molecule has 2 aliphatic rings. The van der Waals surface area contributed by atoms with Crippen molar-refractivity contribution in [3.05, 3.63) is 107 Å². The van der Waals surface area contributed by atoms with Crippen LogP contribution in [-0.2, 0) is 11.0 Å². The van der Waals surface area contributed by atoms with Crippen LogP contribution in [0.2, 0.25) is 0 Å². The number of hydrogen-bond acceptors (Lipinski definition) is 4. The van der Waals surface area contributed by atoms with Gasteiger partial charge in [-0.1, -0.05) is 32.1 Å². The Morgan fingerprint density at radius 3 is 2.47 bits per heavy atom. The Morgan fingerprint density at radius 1 is 1.08 bits per heavy atom. The molecule has 194 valence electrons. The van der Waals surface area contributed by atoms with Gasteiger partial charge >= 0.3 is 6.18 Å². The van der Waals surface area contributed by atoms with Crippen LogP contribution < -0.4 is 10.2 Å². The maximum absolute atomic E-state index is 13.9. The maximum atomic E-state index is 13.9. The first-order valence-electron chi connectivity index (χ1n) is 11.8. The Kier molecular flexibility index (Phi) is 6.13. The Balaban J connectivity index is 1.55. The van der Waals surface area contributed by atoms with E-state index in [-0.39, 0.29) is 11.6 Å². The molecule has 3 aromatic rings. The van der Waals surface area contributed by atoms with Gasteiger partial charge in [-0.05, 0) is 54.1 Å². The molecule has 1 aliphatic carbocycles. The first-order valence-corrected chi connectivity index (χ1v) is 11.8. The Bertz CT molecular complexity index is 1460. The standard InChI is InChI=1S/C28H22F4N4O2/c1-27(2)24-19(4-3-5-22(24)36(26(27)38)23-12-13-33-15-34-23)16-6-11-21(28(30,31)32)20(14-16)25(37)35-18-9-7-17(29)8-10-18/h3-15,19,24H,1-2H3,(H,35,37). The molecule has 1 N–H and O–H groups in total. The highest BCUT2D eigenvalue weighted by molar-refractivity contribution is 6.06. The number of alkyl halides is 3. The normalized spacial score (nSPS) is 20.2. The van der Waals surface area contributed by atoms with Crippen LogP contribution in [0.5, 0.6) is 0 Å². The molecule has 0 bridgehead atoms. The lowest BCUT2D eigenvalue weighted by atomic mass is 9.68. The smallest absolute Gasteiger partial charge is 0.322 e. The van der Waals surface area contributed by atoms with Crippen LogP contribution in [0, 0.1) is 17.2 Å². The Labute approximate surface area is 215 Å². The number of benzene rings is 2. The number of aromatic nitrogens is 2. The van der Waals surface area contributed by atoms with Crippen LogP contribution in [0.1, 0.15) is 41.3 Å². The molecule has 2 atom stereocenters. The lowest BCUT2D eigenvalue weighted by Crippen LogP contribution is -2.33. The second-order valence-electron chi connectivity index (χ2n) is 9.67. The van der Waals surface area contributed by atoms with Crippen molar-refractivity contribution in [3.8, 4) is 0 Å². The summed E-state index contributed by atoms with van der Waals surface area (Å²) in [6.45, 7) is 3.57. The third-order valence-electron chi connectivity index (χ3n) is 6.93. The van der Waals surface area contributed by atoms with E-state index in [1.807, 2.05) is 6.08 Å². The third kappa shape index (κ3) is 4.36. The molecule has 2 amide bonds. The molecule has 0 saturated carbocycles. The zero-order valence-electron chi connectivity index (χ0n) is 20.3. The number of carbonyl (C=O) groups excluding carboxylic acids is 2. The maximum Gasteiger partial charge on any atom is 0.417 e. The van der Waals surface area contributed by atoms with Crippen LogP contribution in [0.15, 0.2) is 85.0 Å². The topological polar surface area (TPSA) is 75.2 Å². The second kappa shape index (κ2) is 9.20.